The fourth-order valence-corrected chi connectivity index (χ4v) is 7.96. The molecule has 142 valence electrons. The first-order valence-corrected chi connectivity index (χ1v) is 12.3. The highest BCUT2D eigenvalue weighted by molar-refractivity contribution is 7.82. The summed E-state index contributed by atoms with van der Waals surface area (Å²) >= 11 is 12.2. The molecule has 0 saturated carbocycles. The Morgan fingerprint density at radius 3 is 1.80 bits per heavy atom. The van der Waals surface area contributed by atoms with Gasteiger partial charge in [-0.2, -0.15) is 11.3 Å². The van der Waals surface area contributed by atoms with Gasteiger partial charge in [0.05, 0.1) is 0 Å². The van der Waals surface area contributed by atoms with Crippen molar-refractivity contribution >= 4 is 134 Å². The van der Waals surface area contributed by atoms with Gasteiger partial charge in [-0.05, 0) is 76.8 Å². The summed E-state index contributed by atoms with van der Waals surface area (Å²) in [6.07, 6.45) is 0. The van der Waals surface area contributed by atoms with E-state index in [1.807, 2.05) is 0 Å². The van der Waals surface area contributed by atoms with E-state index in [0.29, 0.717) is 0 Å². The number of nitrogens with one attached hydrogen (secondary N) is 2. The van der Waals surface area contributed by atoms with Crippen LogP contribution in [0.2, 0.25) is 0 Å². The van der Waals surface area contributed by atoms with E-state index >= 15 is 0 Å². The monoisotopic (exact) mass is 456 g/mol. The molecule has 6 aromatic carbocycles. The second-order valence-corrected chi connectivity index (χ2v) is 10.2. The van der Waals surface area contributed by atoms with Gasteiger partial charge in [-0.25, -0.2) is 0 Å². The molecule has 0 aliphatic carbocycles. The number of hydrogen-bond acceptors (Lipinski definition) is 6. The third-order valence-corrected chi connectivity index (χ3v) is 9.27. The molecule has 0 saturated heterocycles. The van der Waals surface area contributed by atoms with Crippen LogP contribution in [-0.4, -0.2) is 0 Å². The lowest BCUT2D eigenvalue weighted by atomic mass is 9.90. The number of rotatable bonds is 2. The molecule has 0 spiro atoms. The third-order valence-electron chi connectivity index (χ3n) is 6.76. The summed E-state index contributed by atoms with van der Waals surface area (Å²) in [6, 6.07) is 13.9. The molecule has 30 heavy (non-hydrogen) atoms. The van der Waals surface area contributed by atoms with Crippen LogP contribution in [0.15, 0.2) is 47.2 Å². The van der Waals surface area contributed by atoms with E-state index in [4.69, 9.17) is 0 Å². The van der Waals surface area contributed by atoms with E-state index in [1.54, 1.807) is 22.7 Å². The number of hydrogen-bond donors (Lipinski definition) is 4. The Morgan fingerprint density at radius 2 is 1.10 bits per heavy atom. The summed E-state index contributed by atoms with van der Waals surface area (Å²) in [5.41, 5.74) is 0. The maximum atomic E-state index is 4.39. The average Bonchev–Trinajstić information content (AvgIpc) is 3.52. The number of thiol groups is 2. The van der Waals surface area contributed by atoms with Crippen molar-refractivity contribution in [1.29, 1.82) is 0 Å². The lowest BCUT2D eigenvalue weighted by Gasteiger charge is -2.13. The Bertz CT molecular complexity index is 1930. The van der Waals surface area contributed by atoms with Crippen molar-refractivity contribution in [1.82, 2.24) is 0 Å². The predicted molar refractivity (Wildman–Crippen MR) is 144 cm³/mol. The molecule has 2 N–H and O–H groups in total. The normalized spacial score (nSPS) is 13.0. The Balaban J connectivity index is 1.77. The summed E-state index contributed by atoms with van der Waals surface area (Å²) in [4.78, 5) is 0. The molecule has 0 amide bonds. The zero-order valence-corrected chi connectivity index (χ0v) is 18.8. The van der Waals surface area contributed by atoms with Gasteiger partial charge in [0.15, 0.2) is 0 Å². The number of thiophene rings is 2. The molecule has 8 rings (SSSR count). The number of fused-ring (bicyclic) bond motifs is 6. The summed E-state index contributed by atoms with van der Waals surface area (Å²) in [5, 5.41) is 25.4. The van der Waals surface area contributed by atoms with Crippen LogP contribution in [0.1, 0.15) is 0 Å². The second-order valence-electron chi connectivity index (χ2n) is 7.95. The minimum atomic E-state index is 1.06. The molecule has 2 aromatic heterocycles. The Hall–Kier alpha value is -2.38. The van der Waals surface area contributed by atoms with Crippen LogP contribution in [0.3, 0.4) is 0 Å². The maximum Gasteiger partial charge on any atom is 0.109 e. The molecule has 6 heteroatoms. The SMILES string of the molecule is SNc1sc(NS)c2c3cc4ccc5c6cscc6c6cc7ccc(c12)c3c7c4c56. The van der Waals surface area contributed by atoms with Crippen molar-refractivity contribution < 1.29 is 0 Å². The number of anilines is 2. The second kappa shape index (κ2) is 5.26. The van der Waals surface area contributed by atoms with Gasteiger partial charge < -0.3 is 9.44 Å². The first kappa shape index (κ1) is 16.3. The molecule has 0 aliphatic heterocycles. The highest BCUT2D eigenvalue weighted by Gasteiger charge is 2.25. The molecule has 0 atom stereocenters. The highest BCUT2D eigenvalue weighted by atomic mass is 32.1. The van der Waals surface area contributed by atoms with Crippen molar-refractivity contribution in [2.24, 2.45) is 0 Å². The van der Waals surface area contributed by atoms with Crippen molar-refractivity contribution in [2.75, 3.05) is 9.44 Å². The molecular weight excluding hydrogens is 445 g/mol. The van der Waals surface area contributed by atoms with Gasteiger partial charge in [0, 0.05) is 21.5 Å². The first-order chi connectivity index (χ1) is 14.8. The van der Waals surface area contributed by atoms with Crippen molar-refractivity contribution in [2.45, 2.75) is 0 Å². The fraction of sp³-hybridized carbons (Fsp3) is 0. The van der Waals surface area contributed by atoms with Crippen LogP contribution in [0.25, 0.3) is 75.4 Å². The van der Waals surface area contributed by atoms with E-state index in [-0.39, 0.29) is 0 Å². The molecular formula is C24H12N2S4. The Kier molecular flexibility index (Phi) is 2.86. The third kappa shape index (κ3) is 1.63. The van der Waals surface area contributed by atoms with Crippen LogP contribution in [-0.2, 0) is 0 Å². The summed E-state index contributed by atoms with van der Waals surface area (Å²) in [6.45, 7) is 0. The molecule has 0 unspecified atom stereocenters. The molecule has 0 radical (unpaired) electrons. The van der Waals surface area contributed by atoms with Gasteiger partial charge in [0.25, 0.3) is 0 Å². The van der Waals surface area contributed by atoms with Crippen LogP contribution in [0, 0.1) is 0 Å². The summed E-state index contributed by atoms with van der Waals surface area (Å²) in [7, 11) is 0. The number of benzene rings is 4. The smallest absolute Gasteiger partial charge is 0.109 e. The van der Waals surface area contributed by atoms with Crippen LogP contribution in [0.5, 0.6) is 0 Å². The Labute approximate surface area is 189 Å². The highest BCUT2D eigenvalue weighted by Crippen LogP contribution is 2.54. The molecule has 2 nitrogen and oxygen atoms in total. The van der Waals surface area contributed by atoms with Crippen LogP contribution < -0.4 is 9.44 Å². The van der Waals surface area contributed by atoms with E-state index in [2.05, 4.69) is 82.2 Å². The van der Waals surface area contributed by atoms with Gasteiger partial charge >= 0.3 is 0 Å². The topological polar surface area (TPSA) is 24.1 Å². The quantitative estimate of drug-likeness (QED) is 0.154. The van der Waals surface area contributed by atoms with E-state index < -0.39 is 0 Å². The largest absolute Gasteiger partial charge is 0.323 e. The van der Waals surface area contributed by atoms with Crippen LogP contribution in [0.4, 0.5) is 10.0 Å². The van der Waals surface area contributed by atoms with Gasteiger partial charge in [0.2, 0.25) is 0 Å². The van der Waals surface area contributed by atoms with Crippen molar-refractivity contribution in [3.63, 3.8) is 0 Å². The van der Waals surface area contributed by atoms with Crippen molar-refractivity contribution in [3.05, 3.63) is 47.2 Å². The molecule has 2 heterocycles. The minimum Gasteiger partial charge on any atom is -0.323 e. The predicted octanol–water partition coefficient (Wildman–Crippen LogP) is 8.71. The van der Waals surface area contributed by atoms with E-state index in [9.17, 15) is 0 Å². The summed E-state index contributed by atoms with van der Waals surface area (Å²) < 4.78 is 6.21. The van der Waals surface area contributed by atoms with E-state index in [0.717, 1.165) is 10.0 Å². The molecule has 0 fully saturated rings. The molecule has 8 aromatic rings. The zero-order valence-electron chi connectivity index (χ0n) is 15.3. The van der Waals surface area contributed by atoms with Gasteiger partial charge in [-0.3, -0.25) is 0 Å². The standard InChI is InChI=1S/C24H12N2S4/c27-25-23-21-12-4-2-9-5-13-16-8-29-7-15(16)11-3-1-10-6-14(22(21)24(26-28)30-23)20(12)18(9)17(10)19(11)13/h1-8,25-28H. The lowest BCUT2D eigenvalue weighted by molar-refractivity contribution is 1.92. The minimum absolute atomic E-state index is 1.06. The molecule has 0 bridgehead atoms. The molecule has 0 aliphatic rings. The van der Waals surface area contributed by atoms with Gasteiger partial charge in [0.1, 0.15) is 10.0 Å². The van der Waals surface area contributed by atoms with E-state index in [1.165, 1.54) is 75.4 Å². The van der Waals surface area contributed by atoms with Crippen LogP contribution >= 0.6 is 48.3 Å². The maximum absolute atomic E-state index is 4.39. The lowest BCUT2D eigenvalue weighted by Crippen LogP contribution is -1.85. The first-order valence-electron chi connectivity index (χ1n) is 9.63. The average molecular weight is 457 g/mol. The zero-order chi connectivity index (χ0) is 19.7. The van der Waals surface area contributed by atoms with Gasteiger partial charge in [-0.15, -0.1) is 0 Å². The Morgan fingerprint density at radius 1 is 0.533 bits per heavy atom. The van der Waals surface area contributed by atoms with Crippen molar-refractivity contribution in [3.8, 4) is 0 Å². The summed E-state index contributed by atoms with van der Waals surface area (Å²) in [5.74, 6) is 0. The fourth-order valence-electron chi connectivity index (χ4n) is 5.69. The van der Waals surface area contributed by atoms with Gasteiger partial charge in [-0.1, -0.05) is 61.2 Å².